The molecule has 2 rings (SSSR count). The molecule has 2 aromatic rings. The Labute approximate surface area is 115 Å². The van der Waals surface area contributed by atoms with Gasteiger partial charge in [0.2, 0.25) is 0 Å². The lowest BCUT2D eigenvalue weighted by molar-refractivity contribution is 0.548. The van der Waals surface area contributed by atoms with Crippen LogP contribution in [0.1, 0.15) is 12.0 Å². The van der Waals surface area contributed by atoms with E-state index in [9.17, 15) is 4.79 Å². The molecule has 0 aliphatic rings. The van der Waals surface area contributed by atoms with Crippen molar-refractivity contribution in [2.45, 2.75) is 19.4 Å². The average Bonchev–Trinajstić information content (AvgIpc) is 2.40. The van der Waals surface area contributed by atoms with Crippen molar-refractivity contribution in [3.63, 3.8) is 0 Å². The van der Waals surface area contributed by atoms with E-state index in [-0.39, 0.29) is 15.6 Å². The van der Waals surface area contributed by atoms with Gasteiger partial charge in [0.15, 0.2) is 0 Å². The predicted octanol–water partition coefficient (Wildman–Crippen LogP) is 3.18. The van der Waals surface area contributed by atoms with Crippen LogP contribution in [0.5, 0.6) is 0 Å². The second-order valence-corrected chi connectivity index (χ2v) is 4.71. The number of rotatable bonds is 4. The van der Waals surface area contributed by atoms with Crippen molar-refractivity contribution >= 4 is 23.2 Å². The molecule has 0 aliphatic carbocycles. The molecular formula is C13H12Cl2N2O. The van der Waals surface area contributed by atoms with E-state index in [2.05, 4.69) is 17.2 Å². The van der Waals surface area contributed by atoms with Gasteiger partial charge in [-0.2, -0.15) is 5.10 Å². The summed E-state index contributed by atoms with van der Waals surface area (Å²) in [7, 11) is 0. The highest BCUT2D eigenvalue weighted by Gasteiger charge is 2.06. The van der Waals surface area contributed by atoms with Crippen LogP contribution in [0.25, 0.3) is 0 Å². The van der Waals surface area contributed by atoms with Crippen molar-refractivity contribution in [2.24, 2.45) is 0 Å². The minimum atomic E-state index is -0.336. The van der Waals surface area contributed by atoms with Crippen LogP contribution in [-0.2, 0) is 13.0 Å². The molecule has 0 fully saturated rings. The van der Waals surface area contributed by atoms with Gasteiger partial charge in [0.1, 0.15) is 5.02 Å². The molecule has 0 radical (unpaired) electrons. The van der Waals surface area contributed by atoms with Gasteiger partial charge in [-0.05, 0) is 18.4 Å². The number of hydrogen-bond acceptors (Lipinski definition) is 2. The second kappa shape index (κ2) is 6.03. The van der Waals surface area contributed by atoms with Crippen molar-refractivity contribution in [1.29, 1.82) is 0 Å². The molecule has 3 nitrogen and oxygen atoms in total. The smallest absolute Gasteiger partial charge is 0.266 e. The Kier molecular flexibility index (Phi) is 4.39. The fourth-order valence-electron chi connectivity index (χ4n) is 1.68. The number of benzene rings is 1. The summed E-state index contributed by atoms with van der Waals surface area (Å²) in [6, 6.07) is 10.1. The summed E-state index contributed by atoms with van der Waals surface area (Å²) in [4.78, 5) is 11.7. The third kappa shape index (κ3) is 3.12. The van der Waals surface area contributed by atoms with Gasteiger partial charge in [-0.15, -0.1) is 0 Å². The Bertz CT molecular complexity index is 581. The number of halogens is 2. The molecule has 5 heteroatoms. The Balaban J connectivity index is 1.99. The fourth-order valence-corrected chi connectivity index (χ4v) is 1.95. The third-order valence-electron chi connectivity index (χ3n) is 2.62. The maximum Gasteiger partial charge on any atom is 0.287 e. The molecule has 0 bridgehead atoms. The molecule has 0 saturated heterocycles. The molecule has 0 atom stereocenters. The Morgan fingerprint density at radius 3 is 2.61 bits per heavy atom. The van der Waals surface area contributed by atoms with Gasteiger partial charge in [-0.25, -0.2) is 4.68 Å². The normalized spacial score (nSPS) is 10.6. The predicted molar refractivity (Wildman–Crippen MR) is 73.3 cm³/mol. The molecule has 0 saturated carbocycles. The van der Waals surface area contributed by atoms with Crippen molar-refractivity contribution in [3.05, 3.63) is 62.5 Å². The third-order valence-corrected chi connectivity index (χ3v) is 3.37. The van der Waals surface area contributed by atoms with Gasteiger partial charge in [0, 0.05) is 6.54 Å². The first-order valence-electron chi connectivity index (χ1n) is 5.63. The Morgan fingerprint density at radius 2 is 1.89 bits per heavy atom. The van der Waals surface area contributed by atoms with Gasteiger partial charge in [-0.1, -0.05) is 53.5 Å². The molecule has 0 aliphatic heterocycles. The Morgan fingerprint density at radius 1 is 1.17 bits per heavy atom. The maximum atomic E-state index is 11.7. The van der Waals surface area contributed by atoms with Gasteiger partial charge < -0.3 is 0 Å². The highest BCUT2D eigenvalue weighted by atomic mass is 35.5. The molecule has 0 spiro atoms. The summed E-state index contributed by atoms with van der Waals surface area (Å²) in [5.74, 6) is 0. The quantitative estimate of drug-likeness (QED) is 0.863. The standard InChI is InChI=1S/C13H12Cl2N2O/c14-11-9-16-17(13(18)12(11)15)8-4-7-10-5-2-1-3-6-10/h1-3,5-6,9H,4,7-8H2. The molecule has 1 aromatic carbocycles. The first-order chi connectivity index (χ1) is 8.68. The number of aryl methyl sites for hydroxylation is 2. The molecule has 1 aromatic heterocycles. The van der Waals surface area contributed by atoms with Crippen molar-refractivity contribution in [1.82, 2.24) is 9.78 Å². The zero-order chi connectivity index (χ0) is 13.0. The summed E-state index contributed by atoms with van der Waals surface area (Å²) in [5.41, 5.74) is 0.905. The van der Waals surface area contributed by atoms with Crippen LogP contribution in [0.2, 0.25) is 10.0 Å². The largest absolute Gasteiger partial charge is 0.287 e. The topological polar surface area (TPSA) is 34.9 Å². The van der Waals surface area contributed by atoms with Gasteiger partial charge >= 0.3 is 0 Å². The molecular weight excluding hydrogens is 271 g/mol. The van der Waals surface area contributed by atoms with E-state index < -0.39 is 0 Å². The summed E-state index contributed by atoms with van der Waals surface area (Å²) in [6.07, 6.45) is 3.12. The minimum absolute atomic E-state index is 0.0337. The molecule has 94 valence electrons. The van der Waals surface area contributed by atoms with Crippen molar-refractivity contribution < 1.29 is 0 Å². The molecule has 18 heavy (non-hydrogen) atoms. The number of hydrogen-bond donors (Lipinski definition) is 0. The maximum absolute atomic E-state index is 11.7. The summed E-state index contributed by atoms with van der Waals surface area (Å²) < 4.78 is 1.34. The minimum Gasteiger partial charge on any atom is -0.266 e. The second-order valence-electron chi connectivity index (χ2n) is 3.92. The van der Waals surface area contributed by atoms with Gasteiger partial charge in [0.05, 0.1) is 11.2 Å². The van der Waals surface area contributed by atoms with E-state index in [0.29, 0.717) is 6.54 Å². The number of aromatic nitrogens is 2. The fraction of sp³-hybridized carbons (Fsp3) is 0.231. The van der Waals surface area contributed by atoms with Gasteiger partial charge in [-0.3, -0.25) is 4.79 Å². The van der Waals surface area contributed by atoms with Crippen LogP contribution in [0, 0.1) is 0 Å². The Hall–Kier alpha value is -1.32. The molecule has 1 heterocycles. The van der Waals surface area contributed by atoms with Gasteiger partial charge in [0.25, 0.3) is 5.56 Å². The lowest BCUT2D eigenvalue weighted by Crippen LogP contribution is -2.23. The first kappa shape index (κ1) is 13.1. The van der Waals surface area contributed by atoms with Crippen LogP contribution in [0.15, 0.2) is 41.3 Å². The van der Waals surface area contributed by atoms with Crippen LogP contribution in [0.3, 0.4) is 0 Å². The summed E-state index contributed by atoms with van der Waals surface area (Å²) in [6.45, 7) is 0.532. The van der Waals surface area contributed by atoms with Crippen molar-refractivity contribution in [3.8, 4) is 0 Å². The van der Waals surface area contributed by atoms with E-state index in [4.69, 9.17) is 23.2 Å². The number of nitrogens with zero attached hydrogens (tertiary/aromatic N) is 2. The monoisotopic (exact) mass is 282 g/mol. The lowest BCUT2D eigenvalue weighted by atomic mass is 10.1. The SMILES string of the molecule is O=c1c(Cl)c(Cl)cnn1CCCc1ccccc1. The van der Waals surface area contributed by atoms with E-state index in [1.165, 1.54) is 16.4 Å². The van der Waals surface area contributed by atoms with Crippen LogP contribution < -0.4 is 5.56 Å². The van der Waals surface area contributed by atoms with E-state index in [1.54, 1.807) is 0 Å². The summed E-state index contributed by atoms with van der Waals surface area (Å²) in [5, 5.41) is 4.19. The molecule has 0 unspecified atom stereocenters. The highest BCUT2D eigenvalue weighted by Crippen LogP contribution is 2.14. The van der Waals surface area contributed by atoms with Crippen LogP contribution in [0.4, 0.5) is 0 Å². The van der Waals surface area contributed by atoms with E-state index in [0.717, 1.165) is 12.8 Å². The zero-order valence-electron chi connectivity index (χ0n) is 9.64. The van der Waals surface area contributed by atoms with Crippen LogP contribution in [-0.4, -0.2) is 9.78 Å². The average molecular weight is 283 g/mol. The first-order valence-corrected chi connectivity index (χ1v) is 6.39. The van der Waals surface area contributed by atoms with E-state index in [1.807, 2.05) is 18.2 Å². The molecule has 0 N–H and O–H groups in total. The summed E-state index contributed by atoms with van der Waals surface area (Å²) >= 11 is 11.5. The highest BCUT2D eigenvalue weighted by molar-refractivity contribution is 6.41. The van der Waals surface area contributed by atoms with E-state index >= 15 is 0 Å². The molecule has 0 amide bonds. The van der Waals surface area contributed by atoms with Crippen LogP contribution >= 0.6 is 23.2 Å². The lowest BCUT2D eigenvalue weighted by Gasteiger charge is -2.05. The van der Waals surface area contributed by atoms with Crippen molar-refractivity contribution in [2.75, 3.05) is 0 Å². The zero-order valence-corrected chi connectivity index (χ0v) is 11.2.